The van der Waals surface area contributed by atoms with Gasteiger partial charge >= 0.3 is 0 Å². The van der Waals surface area contributed by atoms with E-state index in [1.165, 1.54) is 49.9 Å². The van der Waals surface area contributed by atoms with Gasteiger partial charge in [0.2, 0.25) is 0 Å². The number of ether oxygens (including phenoxy) is 1. The van der Waals surface area contributed by atoms with Crippen LogP contribution in [0, 0.1) is 0 Å². The fourth-order valence-electron chi connectivity index (χ4n) is 11.9. The third kappa shape index (κ3) is 5.28. The molecule has 1 aromatic heterocycles. The van der Waals surface area contributed by atoms with E-state index >= 15 is 0 Å². The molecule has 3 heteroatoms. The maximum atomic E-state index is 7.08. The van der Waals surface area contributed by atoms with Gasteiger partial charge in [0.1, 0.15) is 11.5 Å². The quantitative estimate of drug-likeness (QED) is 0.177. The fourth-order valence-corrected chi connectivity index (χ4v) is 11.9. The molecule has 2 aliphatic carbocycles. The van der Waals surface area contributed by atoms with Gasteiger partial charge in [0.05, 0.1) is 22.2 Å². The highest BCUT2D eigenvalue weighted by Gasteiger charge is 2.58. The van der Waals surface area contributed by atoms with Crippen molar-refractivity contribution in [1.29, 1.82) is 0 Å². The molecule has 0 bridgehead atoms. The zero-order chi connectivity index (χ0) is 44.1. The molecule has 0 unspecified atom stereocenters. The molecule has 0 N–H and O–H groups in total. The summed E-state index contributed by atoms with van der Waals surface area (Å²) in [6.07, 6.45) is 0. The number of para-hydroxylation sites is 1. The van der Waals surface area contributed by atoms with E-state index in [0.29, 0.717) is 5.82 Å². The van der Waals surface area contributed by atoms with Crippen molar-refractivity contribution in [3.8, 4) is 67.7 Å². The molecule has 2 heterocycles. The van der Waals surface area contributed by atoms with Crippen molar-refractivity contribution in [2.45, 2.75) is 10.8 Å². The van der Waals surface area contributed by atoms with E-state index in [4.69, 9.17) is 14.7 Å². The lowest BCUT2D eigenvalue weighted by molar-refractivity contribution is 0.429. The highest BCUT2D eigenvalue weighted by molar-refractivity contribution is 5.97. The Morgan fingerprint density at radius 1 is 0.284 bits per heavy atom. The first-order valence-electron chi connectivity index (χ1n) is 23.1. The van der Waals surface area contributed by atoms with Gasteiger partial charge in [-0.05, 0) is 90.7 Å². The van der Waals surface area contributed by atoms with Gasteiger partial charge < -0.3 is 4.74 Å². The third-order valence-electron chi connectivity index (χ3n) is 14.6. The van der Waals surface area contributed by atoms with E-state index in [2.05, 4.69) is 237 Å². The summed E-state index contributed by atoms with van der Waals surface area (Å²) in [7, 11) is 0. The number of aromatic nitrogens is 2. The van der Waals surface area contributed by atoms with Crippen molar-refractivity contribution < 1.29 is 4.74 Å². The molecule has 312 valence electrons. The molecule has 3 aliphatic rings. The minimum Gasteiger partial charge on any atom is -0.457 e. The first-order valence-corrected chi connectivity index (χ1v) is 23.1. The summed E-state index contributed by atoms with van der Waals surface area (Å²) in [6, 6.07) is 87.9. The summed E-state index contributed by atoms with van der Waals surface area (Å²) < 4.78 is 7.08. The average molecular weight is 853 g/mol. The first-order chi connectivity index (χ1) is 33.2. The number of hydrogen-bond acceptors (Lipinski definition) is 3. The molecule has 10 aromatic carbocycles. The normalized spacial score (nSPS) is 14.0. The van der Waals surface area contributed by atoms with Crippen LogP contribution in [0.2, 0.25) is 0 Å². The Morgan fingerprint density at radius 2 is 0.761 bits per heavy atom. The molecule has 1 aliphatic heterocycles. The predicted molar refractivity (Wildman–Crippen MR) is 271 cm³/mol. The monoisotopic (exact) mass is 852 g/mol. The number of benzene rings is 10. The van der Waals surface area contributed by atoms with Gasteiger partial charge in [0, 0.05) is 27.8 Å². The molecule has 2 spiro atoms. The van der Waals surface area contributed by atoms with Crippen LogP contribution in [-0.2, 0) is 10.8 Å². The van der Waals surface area contributed by atoms with Crippen LogP contribution >= 0.6 is 0 Å². The maximum Gasteiger partial charge on any atom is 0.160 e. The van der Waals surface area contributed by atoms with Crippen LogP contribution < -0.4 is 4.74 Å². The molecule has 67 heavy (non-hydrogen) atoms. The smallest absolute Gasteiger partial charge is 0.160 e. The molecule has 3 nitrogen and oxygen atoms in total. The maximum absolute atomic E-state index is 7.08. The number of rotatable bonds is 4. The fraction of sp³-hybridized carbons (Fsp3) is 0.0312. The van der Waals surface area contributed by atoms with Crippen molar-refractivity contribution >= 4 is 10.8 Å². The molecule has 11 aromatic rings. The van der Waals surface area contributed by atoms with Gasteiger partial charge in [-0.25, -0.2) is 9.97 Å². The second-order valence-electron chi connectivity index (χ2n) is 17.9. The first kappa shape index (κ1) is 37.7. The van der Waals surface area contributed by atoms with Crippen LogP contribution in [0.15, 0.2) is 243 Å². The van der Waals surface area contributed by atoms with Gasteiger partial charge in [0.25, 0.3) is 0 Å². The van der Waals surface area contributed by atoms with E-state index in [1.807, 2.05) is 6.07 Å². The average Bonchev–Trinajstić information content (AvgIpc) is 3.70. The summed E-state index contributed by atoms with van der Waals surface area (Å²) in [4.78, 5) is 10.5. The largest absolute Gasteiger partial charge is 0.457 e. The molecule has 0 amide bonds. The summed E-state index contributed by atoms with van der Waals surface area (Å²) >= 11 is 0. The molecule has 0 radical (unpaired) electrons. The molecule has 0 atom stereocenters. The van der Waals surface area contributed by atoms with E-state index in [9.17, 15) is 0 Å². The van der Waals surface area contributed by atoms with Crippen molar-refractivity contribution in [3.63, 3.8) is 0 Å². The van der Waals surface area contributed by atoms with Gasteiger partial charge in [-0.2, -0.15) is 0 Å². The van der Waals surface area contributed by atoms with E-state index in [1.54, 1.807) is 0 Å². The lowest BCUT2D eigenvalue weighted by Gasteiger charge is -2.51. The molecular weight excluding hydrogens is 813 g/mol. The Balaban J connectivity index is 0.959. The highest BCUT2D eigenvalue weighted by Crippen LogP contribution is 2.67. The molecule has 0 saturated carbocycles. The lowest BCUT2D eigenvalue weighted by Crippen LogP contribution is -2.45. The SMILES string of the molecule is c1ccc(-c2cc(-c3cccc4ccccc34)nc(-c3cccc(-c4ccc5c(c4)Oc4ccccc4C54c5ccccc5C5(c6ccccc6-c6ccccc65)c5ccccc54)c3)n2)cc1. The van der Waals surface area contributed by atoms with Crippen LogP contribution in [0.4, 0.5) is 0 Å². The Morgan fingerprint density at radius 3 is 1.48 bits per heavy atom. The topological polar surface area (TPSA) is 35.0 Å². The van der Waals surface area contributed by atoms with Crippen molar-refractivity contribution in [2.75, 3.05) is 0 Å². The van der Waals surface area contributed by atoms with Crippen LogP contribution in [0.25, 0.3) is 66.9 Å². The summed E-state index contributed by atoms with van der Waals surface area (Å²) in [5.41, 5.74) is 18.4. The number of hydrogen-bond donors (Lipinski definition) is 0. The van der Waals surface area contributed by atoms with Crippen molar-refractivity contribution in [1.82, 2.24) is 9.97 Å². The van der Waals surface area contributed by atoms with Crippen LogP contribution in [-0.4, -0.2) is 9.97 Å². The molecule has 0 saturated heterocycles. The number of fused-ring (bicyclic) bond motifs is 16. The standard InChI is InChI=1S/C64H40N2O/c1-2-19-42(20-3-1)58-40-59(49-27-17-21-41-18-4-5-24-46(41)49)66-62(65-58)45-23-16-22-43(38-45)44-36-37-57-61(39-44)67-60-35-15-14-34-56(60)64(57)54-32-12-10-30-52(54)63(53-31-11-13-33-55(53)64)50-28-8-6-25-47(50)48-26-7-9-29-51(48)63/h1-40H. The van der Waals surface area contributed by atoms with E-state index < -0.39 is 10.8 Å². The van der Waals surface area contributed by atoms with Crippen LogP contribution in [0.3, 0.4) is 0 Å². The highest BCUT2D eigenvalue weighted by atomic mass is 16.5. The van der Waals surface area contributed by atoms with Gasteiger partial charge in [0.15, 0.2) is 5.82 Å². The lowest BCUT2D eigenvalue weighted by atomic mass is 9.51. The minimum atomic E-state index is -0.667. The van der Waals surface area contributed by atoms with Gasteiger partial charge in [-0.1, -0.05) is 218 Å². The Kier molecular flexibility index (Phi) is 8.11. The van der Waals surface area contributed by atoms with Crippen LogP contribution in [0.5, 0.6) is 11.5 Å². The third-order valence-corrected chi connectivity index (χ3v) is 14.6. The Labute approximate surface area is 389 Å². The summed E-state index contributed by atoms with van der Waals surface area (Å²) in [5, 5.41) is 2.34. The van der Waals surface area contributed by atoms with Gasteiger partial charge in [-0.3, -0.25) is 0 Å². The zero-order valence-corrected chi connectivity index (χ0v) is 36.4. The second kappa shape index (κ2) is 14.4. The van der Waals surface area contributed by atoms with Crippen LogP contribution in [0.1, 0.15) is 44.5 Å². The zero-order valence-electron chi connectivity index (χ0n) is 36.4. The van der Waals surface area contributed by atoms with Gasteiger partial charge in [-0.15, -0.1) is 0 Å². The van der Waals surface area contributed by atoms with E-state index in [0.717, 1.165) is 67.2 Å². The predicted octanol–water partition coefficient (Wildman–Crippen LogP) is 15.5. The molecule has 14 rings (SSSR count). The summed E-state index contributed by atoms with van der Waals surface area (Å²) in [6.45, 7) is 0. The molecule has 0 fully saturated rings. The van der Waals surface area contributed by atoms with Crippen molar-refractivity contribution in [3.05, 3.63) is 287 Å². The van der Waals surface area contributed by atoms with E-state index in [-0.39, 0.29) is 0 Å². The Bertz CT molecular complexity index is 3710. The Hall–Kier alpha value is -8.66. The van der Waals surface area contributed by atoms with Crippen molar-refractivity contribution in [2.24, 2.45) is 0 Å². The summed E-state index contributed by atoms with van der Waals surface area (Å²) in [5.74, 6) is 2.38. The number of nitrogens with zero attached hydrogens (tertiary/aromatic N) is 2. The second-order valence-corrected chi connectivity index (χ2v) is 17.9. The molecular formula is C64H40N2O. The minimum absolute atomic E-state index is 0.507.